The summed E-state index contributed by atoms with van der Waals surface area (Å²) in [5.41, 5.74) is 7.58. The van der Waals surface area contributed by atoms with Gasteiger partial charge in [-0.2, -0.15) is 0 Å². The molecule has 4 heteroatoms. The first-order valence-corrected chi connectivity index (χ1v) is 6.37. The second kappa shape index (κ2) is 5.57. The van der Waals surface area contributed by atoms with E-state index in [9.17, 15) is 13.2 Å². The van der Waals surface area contributed by atoms with E-state index in [4.69, 9.17) is 5.73 Å². The average molecular weight is 279 g/mol. The molecule has 2 aromatic carbocycles. The summed E-state index contributed by atoms with van der Waals surface area (Å²) in [6, 6.07) is 5.56. The highest BCUT2D eigenvalue weighted by atomic mass is 19.1. The number of hydrogen-bond donors (Lipinski definition) is 1. The molecule has 20 heavy (non-hydrogen) atoms. The lowest BCUT2D eigenvalue weighted by Crippen LogP contribution is -2.04. The summed E-state index contributed by atoms with van der Waals surface area (Å²) in [5.74, 6) is -1.64. The van der Waals surface area contributed by atoms with Crippen LogP contribution in [-0.2, 0) is 12.8 Å². The molecule has 2 aromatic rings. The van der Waals surface area contributed by atoms with Gasteiger partial charge in [0.05, 0.1) is 0 Å². The zero-order valence-corrected chi connectivity index (χ0v) is 11.4. The van der Waals surface area contributed by atoms with Crippen molar-refractivity contribution in [2.24, 2.45) is 0 Å². The predicted molar refractivity (Wildman–Crippen MR) is 74.1 cm³/mol. The first-order valence-electron chi connectivity index (χ1n) is 6.37. The second-order valence-electron chi connectivity index (χ2n) is 5.02. The smallest absolute Gasteiger partial charge is 0.129 e. The lowest BCUT2D eigenvalue weighted by molar-refractivity contribution is 0.549. The Morgan fingerprint density at radius 2 is 1.15 bits per heavy atom. The quantitative estimate of drug-likeness (QED) is 0.841. The van der Waals surface area contributed by atoms with Crippen molar-refractivity contribution in [2.75, 3.05) is 5.73 Å². The molecule has 0 atom stereocenters. The Kier molecular flexibility index (Phi) is 4.02. The van der Waals surface area contributed by atoms with Crippen LogP contribution >= 0.6 is 0 Å². The molecule has 1 nitrogen and oxygen atoms in total. The van der Waals surface area contributed by atoms with Crippen molar-refractivity contribution >= 4 is 5.69 Å². The molecule has 0 heterocycles. The Labute approximate surface area is 116 Å². The first kappa shape index (κ1) is 14.4. The fourth-order valence-corrected chi connectivity index (χ4v) is 2.28. The maximum absolute atomic E-state index is 13.8. The van der Waals surface area contributed by atoms with Crippen molar-refractivity contribution in [1.82, 2.24) is 0 Å². The number of anilines is 1. The van der Waals surface area contributed by atoms with Gasteiger partial charge in [-0.15, -0.1) is 0 Å². The van der Waals surface area contributed by atoms with E-state index in [-0.39, 0.29) is 18.4 Å². The van der Waals surface area contributed by atoms with Gasteiger partial charge in [0, 0.05) is 16.8 Å². The summed E-state index contributed by atoms with van der Waals surface area (Å²) in [6.07, 6.45) is 0.233. The number of rotatable bonds is 3. The fourth-order valence-electron chi connectivity index (χ4n) is 2.28. The van der Waals surface area contributed by atoms with Crippen molar-refractivity contribution < 1.29 is 13.2 Å². The van der Waals surface area contributed by atoms with Gasteiger partial charge >= 0.3 is 0 Å². The van der Waals surface area contributed by atoms with E-state index >= 15 is 0 Å². The topological polar surface area (TPSA) is 26.0 Å². The van der Waals surface area contributed by atoms with E-state index in [2.05, 4.69) is 0 Å². The Hall–Kier alpha value is -1.97. The molecule has 0 bridgehead atoms. The number of aryl methyl sites for hydroxylation is 2. The minimum atomic E-state index is -0.603. The van der Waals surface area contributed by atoms with E-state index < -0.39 is 17.5 Å². The van der Waals surface area contributed by atoms with Crippen LogP contribution in [0.5, 0.6) is 0 Å². The molecular weight excluding hydrogens is 263 g/mol. The SMILES string of the molecule is Cc1cc(N)c(CCc2c(F)cc(C)cc2F)c(F)c1. The molecule has 0 aromatic heterocycles. The standard InChI is InChI=1S/C16H16F3N/c1-9-5-13(17)11(14(18)6-9)3-4-12-15(19)7-10(2)8-16(12)20/h5-8H,3-4,20H2,1-2H3. The number of halogens is 3. The highest BCUT2D eigenvalue weighted by Crippen LogP contribution is 2.23. The van der Waals surface area contributed by atoms with Crippen molar-refractivity contribution in [1.29, 1.82) is 0 Å². The highest BCUT2D eigenvalue weighted by molar-refractivity contribution is 5.50. The molecule has 0 radical (unpaired) electrons. The van der Waals surface area contributed by atoms with Crippen LogP contribution in [0.4, 0.5) is 18.9 Å². The molecule has 0 aliphatic heterocycles. The fraction of sp³-hybridized carbons (Fsp3) is 0.250. The molecule has 2 N–H and O–H groups in total. The zero-order chi connectivity index (χ0) is 14.9. The molecule has 0 spiro atoms. The van der Waals surface area contributed by atoms with Gasteiger partial charge in [0.1, 0.15) is 17.5 Å². The van der Waals surface area contributed by atoms with Gasteiger partial charge in [0.25, 0.3) is 0 Å². The van der Waals surface area contributed by atoms with E-state index in [0.29, 0.717) is 16.8 Å². The van der Waals surface area contributed by atoms with Crippen LogP contribution in [0.3, 0.4) is 0 Å². The third-order valence-corrected chi connectivity index (χ3v) is 3.28. The van der Waals surface area contributed by atoms with Crippen LogP contribution in [0.2, 0.25) is 0 Å². The van der Waals surface area contributed by atoms with E-state index in [0.717, 1.165) is 5.56 Å². The van der Waals surface area contributed by atoms with Gasteiger partial charge in [-0.1, -0.05) is 0 Å². The maximum atomic E-state index is 13.8. The molecule has 2 rings (SSSR count). The Morgan fingerprint density at radius 3 is 1.65 bits per heavy atom. The zero-order valence-electron chi connectivity index (χ0n) is 11.4. The van der Waals surface area contributed by atoms with Crippen molar-refractivity contribution in [3.8, 4) is 0 Å². The monoisotopic (exact) mass is 279 g/mol. The predicted octanol–water partition coefficient (Wildman–Crippen LogP) is 4.09. The van der Waals surface area contributed by atoms with E-state index in [1.165, 1.54) is 18.2 Å². The largest absolute Gasteiger partial charge is 0.398 e. The first-order chi connectivity index (χ1) is 9.38. The van der Waals surface area contributed by atoms with Crippen molar-refractivity contribution in [3.05, 3.63) is 64.0 Å². The number of hydrogen-bond acceptors (Lipinski definition) is 1. The average Bonchev–Trinajstić information content (AvgIpc) is 2.30. The van der Waals surface area contributed by atoms with Gasteiger partial charge in [-0.25, -0.2) is 13.2 Å². The molecule has 0 aliphatic rings. The van der Waals surface area contributed by atoms with Crippen LogP contribution in [0.1, 0.15) is 22.3 Å². The molecule has 0 aliphatic carbocycles. The van der Waals surface area contributed by atoms with E-state index in [1.807, 2.05) is 0 Å². The molecule has 0 saturated heterocycles. The summed E-state index contributed by atoms with van der Waals surface area (Å²) in [5, 5.41) is 0. The van der Waals surface area contributed by atoms with Crippen LogP contribution in [0.15, 0.2) is 24.3 Å². The molecule has 106 valence electrons. The van der Waals surface area contributed by atoms with Crippen molar-refractivity contribution in [3.63, 3.8) is 0 Å². The number of nitrogens with two attached hydrogens (primary N) is 1. The lowest BCUT2D eigenvalue weighted by Gasteiger charge is -2.10. The highest BCUT2D eigenvalue weighted by Gasteiger charge is 2.13. The third kappa shape index (κ3) is 2.95. The van der Waals surface area contributed by atoms with Gasteiger partial charge in [-0.3, -0.25) is 0 Å². The van der Waals surface area contributed by atoms with Crippen LogP contribution in [0, 0.1) is 31.3 Å². The summed E-state index contributed by atoms with van der Waals surface area (Å²) in [4.78, 5) is 0. The molecule has 0 unspecified atom stereocenters. The molecule has 0 fully saturated rings. The van der Waals surface area contributed by atoms with Crippen molar-refractivity contribution in [2.45, 2.75) is 26.7 Å². The number of benzene rings is 2. The van der Waals surface area contributed by atoms with Crippen LogP contribution < -0.4 is 5.73 Å². The second-order valence-corrected chi connectivity index (χ2v) is 5.02. The van der Waals surface area contributed by atoms with E-state index in [1.54, 1.807) is 19.9 Å². The van der Waals surface area contributed by atoms with Crippen LogP contribution in [-0.4, -0.2) is 0 Å². The molecular formula is C16H16F3N. The van der Waals surface area contributed by atoms with Crippen LogP contribution in [0.25, 0.3) is 0 Å². The lowest BCUT2D eigenvalue weighted by atomic mass is 9.99. The molecule has 0 saturated carbocycles. The Balaban J connectivity index is 2.26. The Bertz CT molecular complexity index is 547. The summed E-state index contributed by atoms with van der Waals surface area (Å²) in [7, 11) is 0. The minimum absolute atomic E-state index is 0.0324. The van der Waals surface area contributed by atoms with Gasteiger partial charge in [-0.05, 0) is 62.1 Å². The van der Waals surface area contributed by atoms with Gasteiger partial charge in [0.2, 0.25) is 0 Å². The maximum Gasteiger partial charge on any atom is 0.129 e. The third-order valence-electron chi connectivity index (χ3n) is 3.28. The molecule has 0 amide bonds. The summed E-state index contributed by atoms with van der Waals surface area (Å²) < 4.78 is 41.2. The normalized spacial score (nSPS) is 10.8. The van der Waals surface area contributed by atoms with Gasteiger partial charge in [0.15, 0.2) is 0 Å². The van der Waals surface area contributed by atoms with Gasteiger partial charge < -0.3 is 5.73 Å². The number of nitrogen functional groups attached to an aromatic ring is 1. The Morgan fingerprint density at radius 1 is 0.750 bits per heavy atom. The summed E-state index contributed by atoms with van der Waals surface area (Å²) >= 11 is 0. The minimum Gasteiger partial charge on any atom is -0.398 e. The summed E-state index contributed by atoms with van der Waals surface area (Å²) in [6.45, 7) is 3.36.